The first kappa shape index (κ1) is 37.3. The van der Waals surface area contributed by atoms with Crippen molar-refractivity contribution in [1.29, 1.82) is 0 Å². The molecular weight excluding hydrogens is 484 g/mol. The number of hydrogen-bond donors (Lipinski definition) is 2. The van der Waals surface area contributed by atoms with Crippen molar-refractivity contribution in [2.24, 2.45) is 23.7 Å². The van der Waals surface area contributed by atoms with Crippen LogP contribution in [0, 0.1) is 35.5 Å². The summed E-state index contributed by atoms with van der Waals surface area (Å²) in [5.74, 6) is 8.10. The molecule has 2 saturated carbocycles. The summed E-state index contributed by atoms with van der Waals surface area (Å²) in [5.41, 5.74) is 1.58. The van der Waals surface area contributed by atoms with Gasteiger partial charge in [0, 0.05) is 26.2 Å². The van der Waals surface area contributed by atoms with E-state index in [2.05, 4.69) is 37.0 Å². The second-order valence-electron chi connectivity index (χ2n) is 9.41. The molecule has 0 saturated heterocycles. The number of esters is 1. The topological polar surface area (TPSA) is 118 Å². The van der Waals surface area contributed by atoms with E-state index in [1.165, 1.54) is 25.7 Å². The SMILES string of the molecule is CC.CC#CCC(C)C/C=C/C1CC[C@@H]2C/C(=C\CCCC(=O)OCC(=O)CC)C[C@H]12.CC(=O)O.O=CO. The molecule has 0 aromatic rings. The molecule has 0 aromatic carbocycles. The van der Waals surface area contributed by atoms with E-state index < -0.39 is 5.97 Å². The lowest BCUT2D eigenvalue weighted by molar-refractivity contribution is -0.148. The third-order valence-electron chi connectivity index (χ3n) is 6.40. The third kappa shape index (κ3) is 19.3. The highest BCUT2D eigenvalue weighted by atomic mass is 16.5. The van der Waals surface area contributed by atoms with E-state index in [4.69, 9.17) is 24.5 Å². The second-order valence-corrected chi connectivity index (χ2v) is 9.41. The van der Waals surface area contributed by atoms with Gasteiger partial charge in [0.1, 0.15) is 6.61 Å². The first-order valence-electron chi connectivity index (χ1n) is 13.9. The van der Waals surface area contributed by atoms with Gasteiger partial charge in [-0.25, -0.2) is 0 Å². The molecular formula is C31H50O7. The third-order valence-corrected chi connectivity index (χ3v) is 6.40. The minimum absolute atomic E-state index is 0.0225. The first-order chi connectivity index (χ1) is 18.2. The summed E-state index contributed by atoms with van der Waals surface area (Å²) < 4.78 is 4.99. The highest BCUT2D eigenvalue weighted by molar-refractivity contribution is 5.82. The summed E-state index contributed by atoms with van der Waals surface area (Å²) in [6.45, 7) is 10.7. The Bertz CT molecular complexity index is 797. The Balaban J connectivity index is 0. The standard InChI is InChI=1S/C26H38O3.C2H4O2.C2H6.CH2O2/c1-4-6-10-20(3)11-9-13-22-15-16-23-17-21(18-25(22)23)12-7-8-14-26(28)29-19-24(27)5-2;1-2(3)4;1-2;2-1-3/h9,12-13,20,22-23,25H,5,7-8,10-11,14-19H2,1-3H3;1H3,(H,3,4);1-2H3;1H,(H,2,3)/b13-9+,21-12+;;;/t20?,22?,23-,25-;;;/m1.../s1. The smallest absolute Gasteiger partial charge is 0.306 e. The van der Waals surface area contributed by atoms with Crippen LogP contribution in [0.2, 0.25) is 0 Å². The summed E-state index contributed by atoms with van der Waals surface area (Å²) in [5, 5.41) is 14.3. The number of ether oxygens (including phenoxy) is 1. The van der Waals surface area contributed by atoms with Gasteiger partial charge in [-0.15, -0.1) is 11.8 Å². The lowest BCUT2D eigenvalue weighted by atomic mass is 9.91. The van der Waals surface area contributed by atoms with Crippen molar-refractivity contribution in [1.82, 2.24) is 0 Å². The highest BCUT2D eigenvalue weighted by Gasteiger charge is 2.39. The summed E-state index contributed by atoms with van der Waals surface area (Å²) in [4.78, 5) is 40.2. The van der Waals surface area contributed by atoms with Crippen LogP contribution in [0.1, 0.15) is 106 Å². The van der Waals surface area contributed by atoms with Gasteiger partial charge in [0.05, 0.1) is 0 Å². The molecule has 2 unspecified atom stereocenters. The Kier molecular flexibility index (Phi) is 24.0. The maximum Gasteiger partial charge on any atom is 0.306 e. The molecule has 2 fully saturated rings. The normalized spacial score (nSPS) is 20.7. The maximum absolute atomic E-state index is 11.7. The molecule has 2 aliphatic carbocycles. The number of hydrogen-bond acceptors (Lipinski definition) is 5. The number of carboxylic acid groups (broad SMARTS) is 2. The molecule has 0 heterocycles. The first-order valence-corrected chi connectivity index (χ1v) is 13.9. The molecule has 2 aliphatic rings. The van der Waals surface area contributed by atoms with Gasteiger partial charge >= 0.3 is 5.97 Å². The molecule has 216 valence electrons. The molecule has 0 bridgehead atoms. The van der Waals surface area contributed by atoms with E-state index in [0.29, 0.717) is 18.8 Å². The molecule has 0 aliphatic heterocycles. The number of fused-ring (bicyclic) bond motifs is 1. The van der Waals surface area contributed by atoms with Gasteiger partial charge in [-0.2, -0.15) is 0 Å². The van der Waals surface area contributed by atoms with Crippen molar-refractivity contribution in [2.75, 3.05) is 6.61 Å². The van der Waals surface area contributed by atoms with Crippen LogP contribution in [0.3, 0.4) is 0 Å². The van der Waals surface area contributed by atoms with Gasteiger partial charge in [0.2, 0.25) is 0 Å². The number of ketones is 1. The van der Waals surface area contributed by atoms with Crippen molar-refractivity contribution < 1.29 is 34.1 Å². The highest BCUT2D eigenvalue weighted by Crippen LogP contribution is 2.50. The monoisotopic (exact) mass is 534 g/mol. The molecule has 7 nitrogen and oxygen atoms in total. The number of allylic oxidation sites excluding steroid dienone is 4. The van der Waals surface area contributed by atoms with Gasteiger partial charge in [-0.1, -0.05) is 51.5 Å². The Labute approximate surface area is 230 Å². The summed E-state index contributed by atoms with van der Waals surface area (Å²) in [7, 11) is 0. The average molecular weight is 535 g/mol. The van der Waals surface area contributed by atoms with Gasteiger partial charge in [0.25, 0.3) is 12.4 Å². The molecule has 2 N–H and O–H groups in total. The number of carbonyl (C=O) groups is 4. The Morgan fingerprint density at radius 1 is 1.18 bits per heavy atom. The summed E-state index contributed by atoms with van der Waals surface area (Å²) >= 11 is 0. The van der Waals surface area contributed by atoms with Crippen LogP contribution in [0.5, 0.6) is 0 Å². The van der Waals surface area contributed by atoms with Gasteiger partial charge in [0.15, 0.2) is 5.78 Å². The molecule has 0 amide bonds. The van der Waals surface area contributed by atoms with Crippen molar-refractivity contribution in [3.8, 4) is 11.8 Å². The zero-order valence-electron chi connectivity index (χ0n) is 24.3. The lowest BCUT2D eigenvalue weighted by Gasteiger charge is -2.14. The molecule has 0 aromatic heterocycles. The van der Waals surface area contributed by atoms with Gasteiger partial charge in [-0.3, -0.25) is 19.2 Å². The van der Waals surface area contributed by atoms with E-state index in [1.54, 1.807) is 12.5 Å². The predicted octanol–water partition coefficient (Wildman–Crippen LogP) is 6.86. The van der Waals surface area contributed by atoms with Crippen molar-refractivity contribution >= 4 is 24.2 Å². The van der Waals surface area contributed by atoms with Crippen molar-refractivity contribution in [3.63, 3.8) is 0 Å². The van der Waals surface area contributed by atoms with Crippen LogP contribution in [0.4, 0.5) is 0 Å². The minimum Gasteiger partial charge on any atom is -0.483 e. The van der Waals surface area contributed by atoms with E-state index in [9.17, 15) is 9.59 Å². The molecule has 4 atom stereocenters. The van der Waals surface area contributed by atoms with E-state index >= 15 is 0 Å². The van der Waals surface area contributed by atoms with Crippen LogP contribution < -0.4 is 0 Å². The fraction of sp³-hybridized carbons (Fsp3) is 0.677. The van der Waals surface area contributed by atoms with Crippen LogP contribution in [0.25, 0.3) is 0 Å². The number of Topliss-reactive ketones (excluding diaryl/α,β-unsaturated/α-hetero) is 1. The minimum atomic E-state index is -0.833. The molecule has 38 heavy (non-hydrogen) atoms. The Hall–Kier alpha value is -2.88. The van der Waals surface area contributed by atoms with Crippen molar-refractivity contribution in [2.45, 2.75) is 106 Å². The number of rotatable bonds is 11. The zero-order chi connectivity index (χ0) is 29.3. The molecule has 0 spiro atoms. The van der Waals surface area contributed by atoms with E-state index in [1.807, 2.05) is 20.8 Å². The van der Waals surface area contributed by atoms with Crippen LogP contribution in [0.15, 0.2) is 23.8 Å². The van der Waals surface area contributed by atoms with Crippen molar-refractivity contribution in [3.05, 3.63) is 23.8 Å². The van der Waals surface area contributed by atoms with E-state index in [0.717, 1.165) is 50.4 Å². The summed E-state index contributed by atoms with van der Waals surface area (Å²) in [6, 6.07) is 0. The average Bonchev–Trinajstić information content (AvgIpc) is 3.46. The van der Waals surface area contributed by atoms with Crippen LogP contribution in [-0.4, -0.2) is 41.0 Å². The molecule has 2 rings (SSSR count). The fourth-order valence-corrected chi connectivity index (χ4v) is 4.62. The second kappa shape index (κ2) is 24.5. The fourth-order valence-electron chi connectivity index (χ4n) is 4.62. The largest absolute Gasteiger partial charge is 0.483 e. The predicted molar refractivity (Wildman–Crippen MR) is 151 cm³/mol. The lowest BCUT2D eigenvalue weighted by Crippen LogP contribution is -2.12. The molecule has 7 heteroatoms. The van der Waals surface area contributed by atoms with Crippen LogP contribution in [-0.2, 0) is 23.9 Å². The van der Waals surface area contributed by atoms with E-state index in [-0.39, 0.29) is 24.8 Å². The zero-order valence-corrected chi connectivity index (χ0v) is 24.3. The molecule has 0 radical (unpaired) electrons. The van der Waals surface area contributed by atoms with Gasteiger partial charge < -0.3 is 14.9 Å². The quantitative estimate of drug-likeness (QED) is 0.0977. The van der Waals surface area contributed by atoms with Crippen LogP contribution >= 0.6 is 0 Å². The number of carboxylic acids is 1. The number of aliphatic carboxylic acids is 1. The summed E-state index contributed by atoms with van der Waals surface area (Å²) in [6.07, 6.45) is 17.1. The maximum atomic E-state index is 11.7. The Morgan fingerprint density at radius 3 is 2.39 bits per heavy atom. The van der Waals surface area contributed by atoms with Gasteiger partial charge in [-0.05, 0) is 75.5 Å². The number of carbonyl (C=O) groups excluding carboxylic acids is 2. The number of unbranched alkanes of at least 4 members (excludes halogenated alkanes) is 1. The Morgan fingerprint density at radius 2 is 1.82 bits per heavy atom.